The molecule has 1 fully saturated rings. The molecule has 0 radical (unpaired) electrons. The van der Waals surface area contributed by atoms with Gasteiger partial charge in [-0.05, 0) is 35.7 Å². The average molecular weight is 393 g/mol. The molecule has 1 amide bonds. The molecular weight excluding hydrogens is 372 g/mol. The van der Waals surface area contributed by atoms with Gasteiger partial charge in [0.1, 0.15) is 5.69 Å². The molecule has 28 heavy (non-hydrogen) atoms. The van der Waals surface area contributed by atoms with Crippen LogP contribution in [0.15, 0.2) is 72.9 Å². The highest BCUT2D eigenvalue weighted by molar-refractivity contribution is 6.28. The van der Waals surface area contributed by atoms with Crippen molar-refractivity contribution < 1.29 is 4.79 Å². The van der Waals surface area contributed by atoms with E-state index in [1.54, 1.807) is 6.07 Å². The molecule has 0 bridgehead atoms. The fourth-order valence-corrected chi connectivity index (χ4v) is 3.94. The smallest absolute Gasteiger partial charge is 0.270 e. The summed E-state index contributed by atoms with van der Waals surface area (Å²) in [5.74, 6) is -0.234. The van der Waals surface area contributed by atoms with Crippen molar-refractivity contribution >= 4 is 17.5 Å². The summed E-state index contributed by atoms with van der Waals surface area (Å²) in [4.78, 5) is 22.7. The minimum atomic E-state index is -0.323. The Morgan fingerprint density at radius 1 is 1.04 bits per heavy atom. The van der Waals surface area contributed by atoms with E-state index in [1.165, 1.54) is 17.3 Å². The van der Waals surface area contributed by atoms with Crippen LogP contribution in [0.2, 0.25) is 5.28 Å². The number of aromatic nitrogens is 2. The van der Waals surface area contributed by atoms with E-state index in [0.717, 1.165) is 13.1 Å². The van der Waals surface area contributed by atoms with Gasteiger partial charge in [-0.1, -0.05) is 60.7 Å². The summed E-state index contributed by atoms with van der Waals surface area (Å²) >= 11 is 5.80. The minimum absolute atomic E-state index is 0.0706. The Morgan fingerprint density at radius 3 is 2.14 bits per heavy atom. The lowest BCUT2D eigenvalue weighted by molar-refractivity contribution is 0.0269. The molecule has 0 spiro atoms. The van der Waals surface area contributed by atoms with E-state index in [2.05, 4.69) is 75.6 Å². The molecule has 0 aliphatic carbocycles. The summed E-state index contributed by atoms with van der Waals surface area (Å²) in [6, 6.07) is 22.6. The van der Waals surface area contributed by atoms with E-state index in [1.807, 2.05) is 12.1 Å². The molecular formula is C22H21ClN4O. The van der Waals surface area contributed by atoms with Crippen LogP contribution in [0.5, 0.6) is 0 Å². The van der Waals surface area contributed by atoms with Crippen molar-refractivity contribution in [3.8, 4) is 0 Å². The highest BCUT2D eigenvalue weighted by Crippen LogP contribution is 2.35. The third kappa shape index (κ3) is 3.91. The van der Waals surface area contributed by atoms with Gasteiger partial charge in [-0.2, -0.15) is 0 Å². The number of benzene rings is 2. The van der Waals surface area contributed by atoms with Gasteiger partial charge in [-0.25, -0.2) is 9.97 Å². The number of nitrogens with one attached hydrogen (secondary N) is 1. The maximum absolute atomic E-state index is 12.5. The predicted octanol–water partition coefficient (Wildman–Crippen LogP) is 3.72. The number of carbonyl (C=O) groups excluding carboxylic acids is 1. The normalized spacial score (nSPS) is 15.8. The van der Waals surface area contributed by atoms with Crippen molar-refractivity contribution in [3.63, 3.8) is 0 Å². The number of amides is 1. The Hall–Kier alpha value is -2.76. The van der Waals surface area contributed by atoms with Gasteiger partial charge in [-0.3, -0.25) is 9.69 Å². The number of likely N-dealkylation sites (tertiary alicyclic amines) is 1. The summed E-state index contributed by atoms with van der Waals surface area (Å²) in [6.07, 6.45) is 1.49. The first-order chi connectivity index (χ1) is 13.5. The second-order valence-electron chi connectivity index (χ2n) is 7.35. The van der Waals surface area contributed by atoms with E-state index in [9.17, 15) is 4.79 Å². The van der Waals surface area contributed by atoms with Crippen LogP contribution in [0.4, 0.5) is 0 Å². The number of hydrogen-bond donors (Lipinski definition) is 1. The molecule has 0 atom stereocenters. The fourth-order valence-electron chi connectivity index (χ4n) is 3.80. The van der Waals surface area contributed by atoms with Gasteiger partial charge in [0.15, 0.2) is 0 Å². The number of nitrogens with zero attached hydrogens (tertiary/aromatic N) is 3. The lowest BCUT2D eigenvalue weighted by Crippen LogP contribution is -2.69. The lowest BCUT2D eigenvalue weighted by Gasteiger charge is -2.52. The van der Waals surface area contributed by atoms with Gasteiger partial charge in [0, 0.05) is 19.3 Å². The second-order valence-corrected chi connectivity index (χ2v) is 7.69. The van der Waals surface area contributed by atoms with Crippen molar-refractivity contribution in [2.45, 2.75) is 18.5 Å². The first-order valence-corrected chi connectivity index (χ1v) is 9.57. The van der Waals surface area contributed by atoms with Crippen molar-refractivity contribution in [2.24, 2.45) is 0 Å². The Morgan fingerprint density at radius 2 is 1.61 bits per heavy atom. The molecule has 3 aromatic rings. The molecule has 4 rings (SSSR count). The van der Waals surface area contributed by atoms with Crippen LogP contribution in [0.1, 0.15) is 34.6 Å². The molecule has 1 N–H and O–H groups in total. The Labute approximate surface area is 169 Å². The summed E-state index contributed by atoms with van der Waals surface area (Å²) in [6.45, 7) is 3.54. The van der Waals surface area contributed by atoms with Gasteiger partial charge < -0.3 is 5.32 Å². The Kier molecular flexibility index (Phi) is 5.11. The molecule has 0 unspecified atom stereocenters. The summed E-state index contributed by atoms with van der Waals surface area (Å²) in [5.41, 5.74) is 2.44. The summed E-state index contributed by atoms with van der Waals surface area (Å²) in [5, 5.41) is 3.17. The molecule has 2 heterocycles. The monoisotopic (exact) mass is 392 g/mol. The molecule has 1 aliphatic rings. The van der Waals surface area contributed by atoms with Crippen LogP contribution in [0.25, 0.3) is 0 Å². The number of hydrogen-bond acceptors (Lipinski definition) is 4. The zero-order valence-corrected chi connectivity index (χ0v) is 16.3. The molecule has 2 aromatic carbocycles. The van der Waals surface area contributed by atoms with Crippen LogP contribution in [0.3, 0.4) is 0 Å². The van der Waals surface area contributed by atoms with Gasteiger partial charge in [0.2, 0.25) is 5.28 Å². The first kappa shape index (κ1) is 18.6. The SMILES string of the molecule is CC1(NC(=O)c2ccnc(Cl)n2)CN(C(c2ccccc2)c2ccccc2)C1. The molecule has 1 saturated heterocycles. The van der Waals surface area contributed by atoms with Crippen LogP contribution in [-0.2, 0) is 0 Å². The lowest BCUT2D eigenvalue weighted by atomic mass is 9.86. The van der Waals surface area contributed by atoms with E-state index < -0.39 is 0 Å². The van der Waals surface area contributed by atoms with Crippen LogP contribution >= 0.6 is 11.6 Å². The zero-order valence-electron chi connectivity index (χ0n) is 15.5. The quantitative estimate of drug-likeness (QED) is 0.672. The van der Waals surface area contributed by atoms with Crippen molar-refractivity contribution in [2.75, 3.05) is 13.1 Å². The molecule has 142 valence electrons. The van der Waals surface area contributed by atoms with Gasteiger partial charge in [0.05, 0.1) is 11.6 Å². The van der Waals surface area contributed by atoms with Gasteiger partial charge >= 0.3 is 0 Å². The molecule has 5 nitrogen and oxygen atoms in total. The summed E-state index contributed by atoms with van der Waals surface area (Å²) in [7, 11) is 0. The predicted molar refractivity (Wildman–Crippen MR) is 109 cm³/mol. The number of carbonyl (C=O) groups is 1. The fraction of sp³-hybridized carbons (Fsp3) is 0.227. The maximum atomic E-state index is 12.5. The van der Waals surface area contributed by atoms with Crippen LogP contribution in [-0.4, -0.2) is 39.4 Å². The summed E-state index contributed by atoms with van der Waals surface area (Å²) < 4.78 is 0. The van der Waals surface area contributed by atoms with E-state index >= 15 is 0 Å². The van der Waals surface area contributed by atoms with E-state index in [4.69, 9.17) is 11.6 Å². The van der Waals surface area contributed by atoms with E-state index in [-0.39, 0.29) is 28.5 Å². The Balaban J connectivity index is 1.50. The Bertz CT molecular complexity index is 919. The van der Waals surface area contributed by atoms with E-state index in [0.29, 0.717) is 0 Å². The van der Waals surface area contributed by atoms with Gasteiger partial charge in [-0.15, -0.1) is 0 Å². The highest BCUT2D eigenvalue weighted by atomic mass is 35.5. The minimum Gasteiger partial charge on any atom is -0.343 e. The van der Waals surface area contributed by atoms with Crippen LogP contribution < -0.4 is 5.32 Å². The standard InChI is InChI=1S/C22H21ClN4O/c1-22(26-20(28)18-12-13-24-21(23)25-18)14-27(15-22)19(16-8-4-2-5-9-16)17-10-6-3-7-11-17/h2-13,19H,14-15H2,1H3,(H,26,28). The molecule has 0 saturated carbocycles. The molecule has 1 aliphatic heterocycles. The zero-order chi connectivity index (χ0) is 19.6. The van der Waals surface area contributed by atoms with Gasteiger partial charge in [0.25, 0.3) is 5.91 Å². The number of rotatable bonds is 5. The van der Waals surface area contributed by atoms with Crippen molar-refractivity contribution in [1.82, 2.24) is 20.2 Å². The maximum Gasteiger partial charge on any atom is 0.270 e. The largest absolute Gasteiger partial charge is 0.343 e. The van der Waals surface area contributed by atoms with Crippen LogP contribution in [0, 0.1) is 0 Å². The van der Waals surface area contributed by atoms with Crippen molar-refractivity contribution in [1.29, 1.82) is 0 Å². The second kappa shape index (κ2) is 7.70. The third-order valence-electron chi connectivity index (χ3n) is 4.97. The first-order valence-electron chi connectivity index (χ1n) is 9.19. The topological polar surface area (TPSA) is 58.1 Å². The highest BCUT2D eigenvalue weighted by Gasteiger charge is 2.44. The third-order valence-corrected chi connectivity index (χ3v) is 5.16. The average Bonchev–Trinajstić information content (AvgIpc) is 2.68. The van der Waals surface area contributed by atoms with Crippen molar-refractivity contribution in [3.05, 3.63) is 95.0 Å². The molecule has 6 heteroatoms. The number of halogens is 1. The molecule has 1 aromatic heterocycles.